The molecule has 1 amide bonds. The molecule has 6 nitrogen and oxygen atoms in total. The van der Waals surface area contributed by atoms with E-state index < -0.39 is 6.04 Å². The first-order valence-electron chi connectivity index (χ1n) is 10.9. The summed E-state index contributed by atoms with van der Waals surface area (Å²) in [5.41, 5.74) is 9.43. The highest BCUT2D eigenvalue weighted by Gasteiger charge is 2.25. The average molecular weight is 438 g/mol. The monoisotopic (exact) mass is 437 g/mol. The maximum atomic E-state index is 13.0. The minimum Gasteiger partial charge on any atom is -0.368 e. The summed E-state index contributed by atoms with van der Waals surface area (Å²) >= 11 is 1.57. The molecule has 31 heavy (non-hydrogen) atoms. The smallest absolute Gasteiger partial charge is 0.247 e. The first-order valence-corrected chi connectivity index (χ1v) is 11.9. The molecule has 3 rings (SSSR count). The SMILES string of the molecule is CCCCc1ccc(NC(=O)C(CC)n2c(N)nnc2SCCc2ccccc2)cc1. The fourth-order valence-electron chi connectivity index (χ4n) is 3.43. The number of amides is 1. The van der Waals surface area contributed by atoms with Crippen molar-refractivity contribution in [3.63, 3.8) is 0 Å². The molecule has 7 heteroatoms. The van der Waals surface area contributed by atoms with Crippen LogP contribution in [-0.4, -0.2) is 26.4 Å². The number of carbonyl (C=O) groups is 1. The number of benzene rings is 2. The molecule has 0 aliphatic carbocycles. The van der Waals surface area contributed by atoms with Gasteiger partial charge < -0.3 is 11.1 Å². The van der Waals surface area contributed by atoms with E-state index in [1.54, 1.807) is 16.3 Å². The van der Waals surface area contributed by atoms with Crippen molar-refractivity contribution in [2.45, 2.75) is 57.1 Å². The van der Waals surface area contributed by atoms with Crippen LogP contribution in [0.2, 0.25) is 0 Å². The molecule has 1 unspecified atom stereocenters. The summed E-state index contributed by atoms with van der Waals surface area (Å²) in [5.74, 6) is 0.985. The predicted octanol–water partition coefficient (Wildman–Crippen LogP) is 5.13. The van der Waals surface area contributed by atoms with Gasteiger partial charge in [0.1, 0.15) is 6.04 Å². The standard InChI is InChI=1S/C24H31N5OS/c1-3-5-9-19-12-14-20(15-13-19)26-22(30)21(4-2)29-23(25)27-28-24(29)31-17-16-18-10-7-6-8-11-18/h6-8,10-15,21H,3-5,9,16-17H2,1-2H3,(H2,25,27)(H,26,30). The van der Waals surface area contributed by atoms with E-state index in [0.29, 0.717) is 11.6 Å². The Morgan fingerprint density at radius 2 is 1.74 bits per heavy atom. The molecular formula is C24H31N5OS. The van der Waals surface area contributed by atoms with Gasteiger partial charge in [-0.25, -0.2) is 0 Å². The number of nitrogens with one attached hydrogen (secondary N) is 1. The Hall–Kier alpha value is -2.80. The number of nitrogens with zero attached hydrogens (tertiary/aromatic N) is 3. The van der Waals surface area contributed by atoms with Gasteiger partial charge >= 0.3 is 0 Å². The molecule has 164 valence electrons. The van der Waals surface area contributed by atoms with Crippen LogP contribution in [0.25, 0.3) is 0 Å². The van der Waals surface area contributed by atoms with E-state index in [2.05, 4.69) is 46.7 Å². The number of aromatic nitrogens is 3. The van der Waals surface area contributed by atoms with Gasteiger partial charge in [-0.3, -0.25) is 9.36 Å². The molecule has 0 aliphatic heterocycles. The lowest BCUT2D eigenvalue weighted by Crippen LogP contribution is -2.27. The molecule has 3 aromatic rings. The van der Waals surface area contributed by atoms with Crippen LogP contribution < -0.4 is 11.1 Å². The van der Waals surface area contributed by atoms with E-state index in [0.717, 1.165) is 24.3 Å². The number of hydrogen-bond donors (Lipinski definition) is 2. The molecule has 2 aromatic carbocycles. The van der Waals surface area contributed by atoms with Crippen molar-refractivity contribution in [2.75, 3.05) is 16.8 Å². The van der Waals surface area contributed by atoms with Crippen LogP contribution in [-0.2, 0) is 17.6 Å². The van der Waals surface area contributed by atoms with Crippen LogP contribution in [0, 0.1) is 0 Å². The zero-order valence-electron chi connectivity index (χ0n) is 18.3. The summed E-state index contributed by atoms with van der Waals surface area (Å²) in [6.45, 7) is 4.15. The predicted molar refractivity (Wildman–Crippen MR) is 128 cm³/mol. The quantitative estimate of drug-likeness (QED) is 0.406. The van der Waals surface area contributed by atoms with Gasteiger partial charge in [0.2, 0.25) is 11.9 Å². The molecular weight excluding hydrogens is 406 g/mol. The Morgan fingerprint density at radius 1 is 1.03 bits per heavy atom. The molecule has 0 saturated carbocycles. The fourth-order valence-corrected chi connectivity index (χ4v) is 4.41. The maximum absolute atomic E-state index is 13.0. The van der Waals surface area contributed by atoms with Crippen molar-refractivity contribution < 1.29 is 4.79 Å². The van der Waals surface area contributed by atoms with Crippen molar-refractivity contribution in [3.8, 4) is 0 Å². The highest BCUT2D eigenvalue weighted by molar-refractivity contribution is 7.99. The number of thioether (sulfide) groups is 1. The number of aryl methyl sites for hydroxylation is 2. The number of nitrogen functional groups attached to an aromatic ring is 1. The number of hydrogen-bond acceptors (Lipinski definition) is 5. The maximum Gasteiger partial charge on any atom is 0.247 e. The van der Waals surface area contributed by atoms with Crippen molar-refractivity contribution in [3.05, 3.63) is 65.7 Å². The number of unbranched alkanes of at least 4 members (excludes halogenated alkanes) is 1. The molecule has 0 aliphatic rings. The van der Waals surface area contributed by atoms with Crippen LogP contribution >= 0.6 is 11.8 Å². The van der Waals surface area contributed by atoms with Crippen LogP contribution in [0.1, 0.15) is 50.3 Å². The molecule has 1 atom stereocenters. The Labute approximate surface area is 188 Å². The van der Waals surface area contributed by atoms with E-state index >= 15 is 0 Å². The van der Waals surface area contributed by atoms with Gasteiger partial charge in [-0.1, -0.05) is 74.5 Å². The molecule has 0 saturated heterocycles. The van der Waals surface area contributed by atoms with Crippen molar-refractivity contribution in [1.82, 2.24) is 14.8 Å². The lowest BCUT2D eigenvalue weighted by atomic mass is 10.1. The molecule has 0 bridgehead atoms. The summed E-state index contributed by atoms with van der Waals surface area (Å²) < 4.78 is 1.75. The first-order chi connectivity index (χ1) is 15.1. The normalized spacial score (nSPS) is 11.9. The fraction of sp³-hybridized carbons (Fsp3) is 0.375. The van der Waals surface area contributed by atoms with Gasteiger partial charge in [0.15, 0.2) is 5.16 Å². The van der Waals surface area contributed by atoms with Gasteiger partial charge in [0, 0.05) is 11.4 Å². The third-order valence-corrected chi connectivity index (χ3v) is 6.14. The third-order valence-electron chi connectivity index (χ3n) is 5.20. The Balaban J connectivity index is 1.65. The third kappa shape index (κ3) is 6.34. The Bertz CT molecular complexity index is 956. The highest BCUT2D eigenvalue weighted by Crippen LogP contribution is 2.27. The molecule has 0 fully saturated rings. The Morgan fingerprint density at radius 3 is 2.42 bits per heavy atom. The second kappa shape index (κ2) is 11.6. The molecule has 0 spiro atoms. The summed E-state index contributed by atoms with van der Waals surface area (Å²) in [7, 11) is 0. The van der Waals surface area contributed by atoms with Crippen molar-refractivity contribution in [1.29, 1.82) is 0 Å². The topological polar surface area (TPSA) is 85.8 Å². The van der Waals surface area contributed by atoms with E-state index in [1.807, 2.05) is 37.3 Å². The van der Waals surface area contributed by atoms with Crippen LogP contribution in [0.15, 0.2) is 59.8 Å². The molecule has 1 heterocycles. The van der Waals surface area contributed by atoms with E-state index in [-0.39, 0.29) is 11.9 Å². The Kier molecular flexibility index (Phi) is 8.53. The zero-order chi connectivity index (χ0) is 22.1. The molecule has 1 aromatic heterocycles. The van der Waals surface area contributed by atoms with E-state index in [4.69, 9.17) is 5.73 Å². The lowest BCUT2D eigenvalue weighted by molar-refractivity contribution is -0.119. The first kappa shape index (κ1) is 22.9. The van der Waals surface area contributed by atoms with E-state index in [9.17, 15) is 4.79 Å². The summed E-state index contributed by atoms with van der Waals surface area (Å²) in [6, 6.07) is 17.9. The second-order valence-corrected chi connectivity index (χ2v) is 8.57. The van der Waals surface area contributed by atoms with Gasteiger partial charge in [0.05, 0.1) is 0 Å². The van der Waals surface area contributed by atoms with E-state index in [1.165, 1.54) is 24.0 Å². The minimum atomic E-state index is -0.464. The van der Waals surface area contributed by atoms with Crippen LogP contribution in [0.3, 0.4) is 0 Å². The van der Waals surface area contributed by atoms with Gasteiger partial charge in [-0.15, -0.1) is 10.2 Å². The number of rotatable bonds is 11. The highest BCUT2D eigenvalue weighted by atomic mass is 32.2. The number of nitrogens with two attached hydrogens (primary N) is 1. The van der Waals surface area contributed by atoms with Crippen LogP contribution in [0.4, 0.5) is 11.6 Å². The second-order valence-electron chi connectivity index (χ2n) is 7.51. The summed E-state index contributed by atoms with van der Waals surface area (Å²) in [4.78, 5) is 13.0. The largest absolute Gasteiger partial charge is 0.368 e. The van der Waals surface area contributed by atoms with Gasteiger partial charge in [-0.05, 0) is 48.9 Å². The van der Waals surface area contributed by atoms with Crippen molar-refractivity contribution >= 4 is 29.3 Å². The van der Waals surface area contributed by atoms with Gasteiger partial charge in [0.25, 0.3) is 0 Å². The summed E-state index contributed by atoms with van der Waals surface area (Å²) in [5, 5.41) is 11.9. The van der Waals surface area contributed by atoms with Gasteiger partial charge in [-0.2, -0.15) is 0 Å². The lowest BCUT2D eigenvalue weighted by Gasteiger charge is -2.19. The molecule has 3 N–H and O–H groups in total. The number of carbonyl (C=O) groups excluding carboxylic acids is 1. The zero-order valence-corrected chi connectivity index (χ0v) is 19.1. The molecule has 0 radical (unpaired) electrons. The van der Waals surface area contributed by atoms with Crippen LogP contribution in [0.5, 0.6) is 0 Å². The van der Waals surface area contributed by atoms with Crippen molar-refractivity contribution in [2.24, 2.45) is 0 Å². The summed E-state index contributed by atoms with van der Waals surface area (Å²) in [6.07, 6.45) is 4.90. The average Bonchev–Trinajstić information content (AvgIpc) is 3.15. The number of anilines is 2. The minimum absolute atomic E-state index is 0.111.